The molecule has 1 atom stereocenters. The number of hydrogen-bond donors (Lipinski definition) is 0. The fraction of sp³-hybridized carbons (Fsp3) is 0.294. The van der Waals surface area contributed by atoms with Crippen molar-refractivity contribution in [1.82, 2.24) is 19.9 Å². The van der Waals surface area contributed by atoms with Gasteiger partial charge in [-0.1, -0.05) is 41.1 Å². The molecule has 0 amide bonds. The van der Waals surface area contributed by atoms with Gasteiger partial charge in [-0.05, 0) is 29.8 Å². The van der Waals surface area contributed by atoms with E-state index in [-0.39, 0.29) is 6.17 Å². The summed E-state index contributed by atoms with van der Waals surface area (Å²) >= 11 is 6.05. The lowest BCUT2D eigenvalue weighted by Crippen LogP contribution is -2.42. The van der Waals surface area contributed by atoms with Crippen LogP contribution in [0.3, 0.4) is 0 Å². The second-order valence-electron chi connectivity index (χ2n) is 5.60. The molecule has 5 nitrogen and oxygen atoms in total. The Hall–Kier alpha value is -1.95. The highest BCUT2D eigenvalue weighted by Gasteiger charge is 2.26. The van der Waals surface area contributed by atoms with Crippen LogP contribution in [0.15, 0.2) is 48.5 Å². The van der Waals surface area contributed by atoms with Gasteiger partial charge in [-0.15, -0.1) is 5.10 Å². The van der Waals surface area contributed by atoms with Crippen LogP contribution >= 0.6 is 11.6 Å². The van der Waals surface area contributed by atoms with Crippen LogP contribution in [0.4, 0.5) is 0 Å². The number of benzene rings is 2. The minimum Gasteiger partial charge on any atom is -0.379 e. The molecule has 1 aliphatic heterocycles. The third kappa shape index (κ3) is 2.83. The Morgan fingerprint density at radius 3 is 2.52 bits per heavy atom. The third-order valence-corrected chi connectivity index (χ3v) is 4.42. The summed E-state index contributed by atoms with van der Waals surface area (Å²) in [4.78, 5) is 2.37. The predicted octanol–water partition coefficient (Wildman–Crippen LogP) is 2.96. The quantitative estimate of drug-likeness (QED) is 0.741. The van der Waals surface area contributed by atoms with E-state index in [4.69, 9.17) is 16.3 Å². The van der Waals surface area contributed by atoms with Gasteiger partial charge < -0.3 is 4.74 Å². The maximum absolute atomic E-state index is 6.05. The molecule has 1 fully saturated rings. The minimum absolute atomic E-state index is 0.0106. The first-order chi connectivity index (χ1) is 11.3. The summed E-state index contributed by atoms with van der Waals surface area (Å²) in [6, 6.07) is 16.0. The molecule has 0 spiro atoms. The Morgan fingerprint density at radius 1 is 1.00 bits per heavy atom. The SMILES string of the molecule is Clc1ccc(C(N2CCOCC2)n2nnc3ccccc32)cc1. The lowest BCUT2D eigenvalue weighted by Gasteiger charge is -2.34. The Kier molecular flexibility index (Phi) is 3.99. The van der Waals surface area contributed by atoms with Crippen LogP contribution in [0.5, 0.6) is 0 Å². The molecule has 0 saturated carbocycles. The number of ether oxygens (including phenoxy) is 1. The van der Waals surface area contributed by atoms with Gasteiger partial charge in [0.25, 0.3) is 0 Å². The standard InChI is InChI=1S/C17H17ClN4O/c18-14-7-5-13(6-8-14)17(21-9-11-23-12-10-21)22-16-4-2-1-3-15(16)19-20-22/h1-8,17H,9-12H2. The number of fused-ring (bicyclic) bond motifs is 1. The van der Waals surface area contributed by atoms with Crippen LogP contribution in [0, 0.1) is 0 Å². The highest BCUT2D eigenvalue weighted by atomic mass is 35.5. The molecule has 118 valence electrons. The van der Waals surface area contributed by atoms with Crippen molar-refractivity contribution < 1.29 is 4.74 Å². The van der Waals surface area contributed by atoms with Crippen LogP contribution in [0.1, 0.15) is 11.7 Å². The molecule has 3 aromatic rings. The number of hydrogen-bond acceptors (Lipinski definition) is 4. The minimum atomic E-state index is -0.0106. The van der Waals surface area contributed by atoms with Crippen LogP contribution in [-0.4, -0.2) is 46.2 Å². The van der Waals surface area contributed by atoms with E-state index in [2.05, 4.69) is 33.4 Å². The van der Waals surface area contributed by atoms with E-state index in [1.54, 1.807) is 0 Å². The van der Waals surface area contributed by atoms with Crippen LogP contribution in [-0.2, 0) is 4.74 Å². The lowest BCUT2D eigenvalue weighted by atomic mass is 10.1. The Bertz CT molecular complexity index is 796. The van der Waals surface area contributed by atoms with Gasteiger partial charge >= 0.3 is 0 Å². The molecule has 1 aliphatic rings. The van der Waals surface area contributed by atoms with Gasteiger partial charge in [0.05, 0.1) is 18.7 Å². The molecule has 23 heavy (non-hydrogen) atoms. The molecule has 2 heterocycles. The zero-order valence-electron chi connectivity index (χ0n) is 12.6. The Labute approximate surface area is 139 Å². The summed E-state index contributed by atoms with van der Waals surface area (Å²) in [5.41, 5.74) is 3.07. The van der Waals surface area contributed by atoms with Gasteiger partial charge in [-0.3, -0.25) is 4.90 Å². The van der Waals surface area contributed by atoms with E-state index >= 15 is 0 Å². The molecule has 0 bridgehead atoms. The summed E-state index contributed by atoms with van der Waals surface area (Å²) in [5.74, 6) is 0. The number of para-hydroxylation sites is 1. The van der Waals surface area contributed by atoms with Crippen molar-refractivity contribution in [3.05, 3.63) is 59.1 Å². The second-order valence-corrected chi connectivity index (χ2v) is 6.03. The molecular formula is C17H17ClN4O. The maximum atomic E-state index is 6.05. The summed E-state index contributed by atoms with van der Waals surface area (Å²) in [6.45, 7) is 3.19. The number of nitrogens with zero attached hydrogens (tertiary/aromatic N) is 4. The molecule has 0 N–H and O–H groups in total. The summed E-state index contributed by atoms with van der Waals surface area (Å²) in [5, 5.41) is 9.46. The van der Waals surface area contributed by atoms with Crippen molar-refractivity contribution in [1.29, 1.82) is 0 Å². The summed E-state index contributed by atoms with van der Waals surface area (Å²) < 4.78 is 7.49. The molecule has 6 heteroatoms. The van der Waals surface area contributed by atoms with E-state index in [1.807, 2.05) is 35.0 Å². The van der Waals surface area contributed by atoms with Gasteiger partial charge in [-0.25, -0.2) is 4.68 Å². The van der Waals surface area contributed by atoms with Gasteiger partial charge in [0.1, 0.15) is 11.7 Å². The Balaban J connectivity index is 1.82. The van der Waals surface area contributed by atoms with Gasteiger partial charge in [0.15, 0.2) is 0 Å². The average molecular weight is 329 g/mol. The fourth-order valence-corrected chi connectivity index (χ4v) is 3.16. The normalized spacial score (nSPS) is 17.4. The maximum Gasteiger partial charge on any atom is 0.132 e. The zero-order chi connectivity index (χ0) is 15.6. The van der Waals surface area contributed by atoms with Crippen molar-refractivity contribution in [3.8, 4) is 0 Å². The smallest absolute Gasteiger partial charge is 0.132 e. The molecule has 1 aromatic heterocycles. The van der Waals surface area contributed by atoms with Crippen LogP contribution < -0.4 is 0 Å². The van der Waals surface area contributed by atoms with Gasteiger partial charge in [0, 0.05) is 18.1 Å². The van der Waals surface area contributed by atoms with Crippen LogP contribution in [0.2, 0.25) is 5.02 Å². The molecule has 1 unspecified atom stereocenters. The topological polar surface area (TPSA) is 43.2 Å². The first-order valence-electron chi connectivity index (χ1n) is 7.70. The van der Waals surface area contributed by atoms with E-state index in [0.29, 0.717) is 0 Å². The number of rotatable bonds is 3. The van der Waals surface area contributed by atoms with Gasteiger partial charge in [0.2, 0.25) is 0 Å². The highest BCUT2D eigenvalue weighted by molar-refractivity contribution is 6.30. The average Bonchev–Trinajstić information content (AvgIpc) is 3.02. The van der Waals surface area contributed by atoms with Crippen molar-refractivity contribution in [2.45, 2.75) is 6.17 Å². The molecule has 2 aromatic carbocycles. The van der Waals surface area contributed by atoms with Crippen molar-refractivity contribution >= 4 is 22.6 Å². The predicted molar refractivity (Wildman–Crippen MR) is 89.5 cm³/mol. The second kappa shape index (κ2) is 6.28. The zero-order valence-corrected chi connectivity index (χ0v) is 13.4. The molecule has 4 rings (SSSR count). The molecule has 1 saturated heterocycles. The first-order valence-corrected chi connectivity index (χ1v) is 8.08. The first kappa shape index (κ1) is 14.6. The van der Waals surface area contributed by atoms with Gasteiger partial charge in [-0.2, -0.15) is 0 Å². The van der Waals surface area contributed by atoms with E-state index in [9.17, 15) is 0 Å². The molecule has 0 radical (unpaired) electrons. The molecular weight excluding hydrogens is 312 g/mol. The van der Waals surface area contributed by atoms with Crippen LogP contribution in [0.25, 0.3) is 11.0 Å². The number of morpholine rings is 1. The van der Waals surface area contributed by atoms with Crippen molar-refractivity contribution in [2.24, 2.45) is 0 Å². The van der Waals surface area contributed by atoms with E-state index in [0.717, 1.165) is 47.9 Å². The monoisotopic (exact) mass is 328 g/mol. The number of aromatic nitrogens is 3. The lowest BCUT2D eigenvalue weighted by molar-refractivity contribution is 0.00713. The summed E-state index contributed by atoms with van der Waals surface area (Å²) in [7, 11) is 0. The largest absolute Gasteiger partial charge is 0.379 e. The highest BCUT2D eigenvalue weighted by Crippen LogP contribution is 2.27. The van der Waals surface area contributed by atoms with Crippen molar-refractivity contribution in [2.75, 3.05) is 26.3 Å². The summed E-state index contributed by atoms with van der Waals surface area (Å²) in [6.07, 6.45) is -0.0106. The molecule has 0 aliphatic carbocycles. The number of halogens is 1. The third-order valence-electron chi connectivity index (χ3n) is 4.17. The van der Waals surface area contributed by atoms with E-state index in [1.165, 1.54) is 0 Å². The Morgan fingerprint density at radius 2 is 1.74 bits per heavy atom. The fourth-order valence-electron chi connectivity index (χ4n) is 3.03. The van der Waals surface area contributed by atoms with Crippen molar-refractivity contribution in [3.63, 3.8) is 0 Å². The van der Waals surface area contributed by atoms with E-state index < -0.39 is 0 Å².